The van der Waals surface area contributed by atoms with Gasteiger partial charge in [0.1, 0.15) is 30.8 Å². The van der Waals surface area contributed by atoms with Gasteiger partial charge in [-0.3, -0.25) is 4.57 Å². The van der Waals surface area contributed by atoms with Gasteiger partial charge < -0.3 is 25.4 Å². The molecule has 1 fully saturated rings. The van der Waals surface area contributed by atoms with E-state index < -0.39 is 37.3 Å². The van der Waals surface area contributed by atoms with E-state index in [0.29, 0.717) is 17.0 Å². The minimum absolute atomic E-state index is 0.321. The van der Waals surface area contributed by atoms with E-state index >= 15 is 0 Å². The minimum Gasteiger partial charge on any atom is -0.394 e. The average Bonchev–Trinajstić information content (AvgIpc) is 3.30. The molecule has 150 valence electrons. The topological polar surface area (TPSA) is 174 Å². The molecule has 1 aliphatic heterocycles. The number of rotatable bonds is 6. The highest BCUT2D eigenvalue weighted by atomic mass is 16.6. The standard InChI is InChI=1S/C17H18N8O4/c18-24-23-14(9-4-2-1-3-5-9)22-15-11-16(20-7-19-15)25(8-21-11)17-13(28)12(27)10(6-26)29-17/h1-5,7-8,10,12-14,17,26-28H,6H2,(H,19,20,22)/t10-,12-,13-,14?,17-/m1/s1. The number of azide groups is 1. The second kappa shape index (κ2) is 7.99. The fraction of sp³-hybridized carbons (Fsp3) is 0.353. The molecule has 12 heteroatoms. The van der Waals surface area contributed by atoms with Crippen molar-refractivity contribution in [3.05, 3.63) is 59.0 Å². The minimum atomic E-state index is -1.27. The maximum absolute atomic E-state index is 10.3. The maximum atomic E-state index is 10.3. The molecule has 3 aromatic rings. The molecule has 1 unspecified atom stereocenters. The molecule has 1 aliphatic rings. The van der Waals surface area contributed by atoms with Crippen molar-refractivity contribution in [1.82, 2.24) is 19.5 Å². The van der Waals surface area contributed by atoms with E-state index in [4.69, 9.17) is 10.3 Å². The highest BCUT2D eigenvalue weighted by Gasteiger charge is 2.44. The molecule has 29 heavy (non-hydrogen) atoms. The first-order valence-corrected chi connectivity index (χ1v) is 8.79. The Morgan fingerprint density at radius 2 is 2.00 bits per heavy atom. The number of hydrogen-bond donors (Lipinski definition) is 4. The summed E-state index contributed by atoms with van der Waals surface area (Å²) < 4.78 is 7.00. The number of nitrogens with one attached hydrogen (secondary N) is 1. The van der Waals surface area contributed by atoms with Crippen molar-refractivity contribution >= 4 is 17.0 Å². The van der Waals surface area contributed by atoms with Gasteiger partial charge in [0.2, 0.25) is 0 Å². The summed E-state index contributed by atoms with van der Waals surface area (Å²) in [6.07, 6.45) is -2.43. The molecular formula is C17H18N8O4. The first-order valence-electron chi connectivity index (χ1n) is 8.79. The first-order chi connectivity index (χ1) is 14.1. The third kappa shape index (κ3) is 3.46. The summed E-state index contributed by atoms with van der Waals surface area (Å²) >= 11 is 0. The summed E-state index contributed by atoms with van der Waals surface area (Å²) in [4.78, 5) is 15.5. The van der Waals surface area contributed by atoms with Crippen molar-refractivity contribution in [2.24, 2.45) is 5.11 Å². The maximum Gasteiger partial charge on any atom is 0.167 e. The molecule has 0 amide bonds. The van der Waals surface area contributed by atoms with Crippen LogP contribution in [0.15, 0.2) is 48.1 Å². The third-order valence-electron chi connectivity index (χ3n) is 4.71. The van der Waals surface area contributed by atoms with Crippen molar-refractivity contribution in [3.63, 3.8) is 0 Å². The van der Waals surface area contributed by atoms with Gasteiger partial charge in [0.15, 0.2) is 23.2 Å². The van der Waals surface area contributed by atoms with Crippen LogP contribution in [0.1, 0.15) is 18.0 Å². The predicted octanol–water partition coefficient (Wildman–Crippen LogP) is 0.859. The molecule has 0 bridgehead atoms. The Hall–Kier alpha value is -3.28. The molecule has 2 aromatic heterocycles. The van der Waals surface area contributed by atoms with Crippen LogP contribution in [0.5, 0.6) is 0 Å². The second-order valence-corrected chi connectivity index (χ2v) is 6.44. The van der Waals surface area contributed by atoms with Gasteiger partial charge in [-0.25, -0.2) is 15.0 Å². The third-order valence-corrected chi connectivity index (χ3v) is 4.71. The zero-order chi connectivity index (χ0) is 20.4. The highest BCUT2D eigenvalue weighted by molar-refractivity contribution is 5.82. The molecular weight excluding hydrogens is 380 g/mol. The number of fused-ring (bicyclic) bond motifs is 1. The number of benzene rings is 1. The Morgan fingerprint density at radius 3 is 2.69 bits per heavy atom. The van der Waals surface area contributed by atoms with Crippen molar-refractivity contribution in [3.8, 4) is 0 Å². The average molecular weight is 398 g/mol. The van der Waals surface area contributed by atoms with Crippen molar-refractivity contribution in [2.45, 2.75) is 30.7 Å². The van der Waals surface area contributed by atoms with E-state index in [1.165, 1.54) is 17.2 Å². The van der Waals surface area contributed by atoms with E-state index in [1.807, 2.05) is 30.3 Å². The summed E-state index contributed by atoms with van der Waals surface area (Å²) in [7, 11) is 0. The number of imidazole rings is 1. The SMILES string of the molecule is [N-]=[N+]=NC(Nc1ncnc2c1ncn2[C@@H]1O[C@H](CO)[C@@H](O)[C@H]1O)c1ccccc1. The fourth-order valence-corrected chi connectivity index (χ4v) is 3.25. The molecule has 4 N–H and O–H groups in total. The normalized spacial score (nSPS) is 24.9. The fourth-order valence-electron chi connectivity index (χ4n) is 3.25. The Balaban J connectivity index is 1.68. The molecule has 0 saturated carbocycles. The van der Waals surface area contributed by atoms with E-state index in [0.717, 1.165) is 5.56 Å². The molecule has 0 aliphatic carbocycles. The monoisotopic (exact) mass is 398 g/mol. The van der Waals surface area contributed by atoms with Crippen molar-refractivity contribution in [1.29, 1.82) is 0 Å². The first kappa shape index (κ1) is 19.1. The van der Waals surface area contributed by atoms with Crippen LogP contribution in [0.25, 0.3) is 21.6 Å². The number of aliphatic hydroxyl groups is 3. The van der Waals surface area contributed by atoms with Crippen LogP contribution in [0.4, 0.5) is 5.82 Å². The number of anilines is 1. The summed E-state index contributed by atoms with van der Waals surface area (Å²) in [5, 5.41) is 36.4. The van der Waals surface area contributed by atoms with Crippen LogP contribution in [-0.4, -0.2) is 59.8 Å². The molecule has 1 saturated heterocycles. The number of hydrogen-bond acceptors (Lipinski definition) is 9. The van der Waals surface area contributed by atoms with Gasteiger partial charge in [-0.15, -0.1) is 0 Å². The van der Waals surface area contributed by atoms with Crippen molar-refractivity contribution in [2.75, 3.05) is 11.9 Å². The summed E-state index contributed by atoms with van der Waals surface area (Å²) in [5.41, 5.74) is 10.4. The van der Waals surface area contributed by atoms with Crippen LogP contribution in [0.3, 0.4) is 0 Å². The summed E-state index contributed by atoms with van der Waals surface area (Å²) in [6, 6.07) is 9.11. The van der Waals surface area contributed by atoms with Crippen molar-refractivity contribution < 1.29 is 20.1 Å². The molecule has 5 atom stereocenters. The zero-order valence-corrected chi connectivity index (χ0v) is 15.0. The summed E-state index contributed by atoms with van der Waals surface area (Å²) in [5.74, 6) is 0.321. The lowest BCUT2D eigenvalue weighted by Gasteiger charge is -2.17. The van der Waals surface area contributed by atoms with Gasteiger partial charge in [0, 0.05) is 4.91 Å². The predicted molar refractivity (Wildman–Crippen MR) is 100 cm³/mol. The zero-order valence-electron chi connectivity index (χ0n) is 15.0. The lowest BCUT2D eigenvalue weighted by Crippen LogP contribution is -2.33. The smallest absolute Gasteiger partial charge is 0.167 e. The molecule has 0 radical (unpaired) electrons. The molecule has 0 spiro atoms. The van der Waals surface area contributed by atoms with E-state index in [-0.39, 0.29) is 0 Å². The van der Waals surface area contributed by atoms with Gasteiger partial charge in [-0.05, 0) is 11.1 Å². The summed E-state index contributed by atoms with van der Waals surface area (Å²) in [6.45, 7) is -0.436. The number of aliphatic hydroxyl groups excluding tert-OH is 3. The van der Waals surface area contributed by atoms with Crippen LogP contribution >= 0.6 is 0 Å². The van der Waals surface area contributed by atoms with Crippen LogP contribution in [0, 0.1) is 0 Å². The Bertz CT molecular complexity index is 1040. The highest BCUT2D eigenvalue weighted by Crippen LogP contribution is 2.32. The van der Waals surface area contributed by atoms with Gasteiger partial charge in [-0.1, -0.05) is 35.4 Å². The van der Waals surface area contributed by atoms with Crippen LogP contribution in [0.2, 0.25) is 0 Å². The number of ether oxygens (including phenoxy) is 1. The number of aromatic nitrogens is 4. The number of nitrogens with zero attached hydrogens (tertiary/aromatic N) is 7. The van der Waals surface area contributed by atoms with E-state index in [2.05, 4.69) is 30.3 Å². The molecule has 4 rings (SSSR count). The quantitative estimate of drug-likeness (QED) is 0.268. The molecule has 3 heterocycles. The Kier molecular flexibility index (Phi) is 5.25. The Labute approximate surface area is 164 Å². The van der Waals surface area contributed by atoms with Gasteiger partial charge in [-0.2, -0.15) is 0 Å². The van der Waals surface area contributed by atoms with Crippen LogP contribution < -0.4 is 5.32 Å². The Morgan fingerprint density at radius 1 is 1.21 bits per heavy atom. The molecule has 1 aromatic carbocycles. The van der Waals surface area contributed by atoms with Crippen LogP contribution in [-0.2, 0) is 4.74 Å². The van der Waals surface area contributed by atoms with E-state index in [1.54, 1.807) is 0 Å². The van der Waals surface area contributed by atoms with Gasteiger partial charge in [0.25, 0.3) is 0 Å². The lowest BCUT2D eigenvalue weighted by molar-refractivity contribution is -0.0511. The molecule has 12 nitrogen and oxygen atoms in total. The van der Waals surface area contributed by atoms with Gasteiger partial charge in [0.05, 0.1) is 12.9 Å². The van der Waals surface area contributed by atoms with Gasteiger partial charge >= 0.3 is 0 Å². The largest absolute Gasteiger partial charge is 0.394 e. The second-order valence-electron chi connectivity index (χ2n) is 6.44. The lowest BCUT2D eigenvalue weighted by atomic mass is 10.1. The van der Waals surface area contributed by atoms with E-state index in [9.17, 15) is 15.3 Å².